The maximum Gasteiger partial charge on any atom is 0.404 e. The van der Waals surface area contributed by atoms with Crippen LogP contribution in [0.3, 0.4) is 0 Å². The van der Waals surface area contributed by atoms with E-state index in [1.165, 1.54) is 12.1 Å². The van der Waals surface area contributed by atoms with Gasteiger partial charge < -0.3 is 4.74 Å². The molecular weight excluding hydrogens is 287 g/mol. The van der Waals surface area contributed by atoms with Crippen LogP contribution in [-0.2, 0) is 0 Å². The predicted octanol–water partition coefficient (Wildman–Crippen LogP) is 3.26. The second-order valence-electron chi connectivity index (χ2n) is 2.93. The van der Waals surface area contributed by atoms with E-state index in [1.54, 1.807) is 12.1 Å². The summed E-state index contributed by atoms with van der Waals surface area (Å²) in [5.41, 5.74) is 0.212. The second kappa shape index (κ2) is 5.21. The summed E-state index contributed by atoms with van der Waals surface area (Å²) in [5, 5.41) is 8.68. The number of alkyl halides is 4. The Morgan fingerprint density at radius 2 is 2.00 bits per heavy atom. The lowest BCUT2D eigenvalue weighted by Crippen LogP contribution is -2.28. The molecule has 6 heteroatoms. The molecular formula is C10H7BrF3NO. The molecule has 0 radical (unpaired) electrons. The average Bonchev–Trinajstić information content (AvgIpc) is 2.24. The van der Waals surface area contributed by atoms with Gasteiger partial charge in [0.25, 0.3) is 0 Å². The van der Waals surface area contributed by atoms with E-state index in [-0.39, 0.29) is 11.3 Å². The van der Waals surface area contributed by atoms with Gasteiger partial charge in [-0.1, -0.05) is 28.1 Å². The minimum Gasteiger partial charge on any atom is -0.491 e. The number of benzene rings is 1. The largest absolute Gasteiger partial charge is 0.491 e. The molecule has 0 fully saturated rings. The topological polar surface area (TPSA) is 33.0 Å². The second-order valence-corrected chi connectivity index (χ2v) is 4.03. The third-order valence-electron chi connectivity index (χ3n) is 1.75. The minimum absolute atomic E-state index is 0.152. The molecule has 86 valence electrons. The van der Waals surface area contributed by atoms with Gasteiger partial charge in [-0.2, -0.15) is 18.4 Å². The Bertz CT molecular complexity index is 400. The van der Waals surface area contributed by atoms with Crippen LogP contribution in [0, 0.1) is 11.3 Å². The van der Waals surface area contributed by atoms with Gasteiger partial charge in [0, 0.05) is 0 Å². The van der Waals surface area contributed by atoms with Gasteiger partial charge >= 0.3 is 6.18 Å². The zero-order chi connectivity index (χ0) is 12.2. The van der Waals surface area contributed by atoms with Crippen molar-refractivity contribution in [3.63, 3.8) is 0 Å². The van der Waals surface area contributed by atoms with Crippen molar-refractivity contribution in [2.75, 3.05) is 6.61 Å². The van der Waals surface area contributed by atoms with E-state index in [2.05, 4.69) is 15.9 Å². The first-order chi connectivity index (χ1) is 7.45. The zero-order valence-corrected chi connectivity index (χ0v) is 9.55. The van der Waals surface area contributed by atoms with E-state index in [9.17, 15) is 13.2 Å². The summed E-state index contributed by atoms with van der Waals surface area (Å²) in [4.78, 5) is -1.74. The first-order valence-corrected chi connectivity index (χ1v) is 5.19. The number of nitriles is 1. The normalized spacial score (nSPS) is 12.9. The van der Waals surface area contributed by atoms with E-state index in [0.717, 1.165) is 0 Å². The third-order valence-corrected chi connectivity index (χ3v) is 2.53. The summed E-state index contributed by atoms with van der Waals surface area (Å²) in [5.74, 6) is 0.152. The molecule has 0 spiro atoms. The fraction of sp³-hybridized carbons (Fsp3) is 0.300. The van der Waals surface area contributed by atoms with Crippen molar-refractivity contribution in [1.29, 1.82) is 5.26 Å². The molecule has 0 bridgehead atoms. The quantitative estimate of drug-likeness (QED) is 0.802. The SMILES string of the molecule is N#Cc1ccccc1OCC(Br)C(F)(F)F. The molecule has 0 N–H and O–H groups in total. The first-order valence-electron chi connectivity index (χ1n) is 4.28. The Kier molecular flexibility index (Phi) is 4.19. The Morgan fingerprint density at radius 1 is 1.38 bits per heavy atom. The van der Waals surface area contributed by atoms with Crippen LogP contribution in [0.4, 0.5) is 13.2 Å². The molecule has 16 heavy (non-hydrogen) atoms. The van der Waals surface area contributed by atoms with E-state index < -0.39 is 17.6 Å². The number of hydrogen-bond acceptors (Lipinski definition) is 2. The van der Waals surface area contributed by atoms with Crippen LogP contribution in [-0.4, -0.2) is 17.6 Å². The molecule has 0 amide bonds. The van der Waals surface area contributed by atoms with E-state index in [1.807, 2.05) is 6.07 Å². The molecule has 1 unspecified atom stereocenters. The zero-order valence-electron chi connectivity index (χ0n) is 7.96. The van der Waals surface area contributed by atoms with Crippen LogP contribution >= 0.6 is 15.9 Å². The van der Waals surface area contributed by atoms with Crippen molar-refractivity contribution < 1.29 is 17.9 Å². The lowest BCUT2D eigenvalue weighted by Gasteiger charge is -2.15. The van der Waals surface area contributed by atoms with Crippen molar-refractivity contribution >= 4 is 15.9 Å². The smallest absolute Gasteiger partial charge is 0.404 e. The molecule has 0 aliphatic carbocycles. The monoisotopic (exact) mass is 293 g/mol. The van der Waals surface area contributed by atoms with Gasteiger partial charge in [0.1, 0.15) is 23.3 Å². The van der Waals surface area contributed by atoms with Gasteiger partial charge in [-0.15, -0.1) is 0 Å². The van der Waals surface area contributed by atoms with E-state index >= 15 is 0 Å². The highest BCUT2D eigenvalue weighted by atomic mass is 79.9. The van der Waals surface area contributed by atoms with Crippen molar-refractivity contribution in [3.8, 4) is 11.8 Å². The Balaban J connectivity index is 2.66. The van der Waals surface area contributed by atoms with Crippen molar-refractivity contribution in [3.05, 3.63) is 29.8 Å². The highest BCUT2D eigenvalue weighted by molar-refractivity contribution is 9.09. The highest BCUT2D eigenvalue weighted by Gasteiger charge is 2.38. The van der Waals surface area contributed by atoms with Gasteiger partial charge in [-0.25, -0.2) is 0 Å². The lowest BCUT2D eigenvalue weighted by molar-refractivity contribution is -0.132. The number of rotatable bonds is 3. The molecule has 0 aliphatic heterocycles. The van der Waals surface area contributed by atoms with Crippen molar-refractivity contribution in [2.45, 2.75) is 11.0 Å². The van der Waals surface area contributed by atoms with Crippen LogP contribution < -0.4 is 4.74 Å². The number of hydrogen-bond donors (Lipinski definition) is 0. The highest BCUT2D eigenvalue weighted by Crippen LogP contribution is 2.27. The minimum atomic E-state index is -4.36. The summed E-state index contributed by atoms with van der Waals surface area (Å²) in [6.45, 7) is -0.567. The third kappa shape index (κ3) is 3.42. The van der Waals surface area contributed by atoms with Gasteiger partial charge in [0.15, 0.2) is 0 Å². The fourth-order valence-electron chi connectivity index (χ4n) is 0.942. The van der Waals surface area contributed by atoms with Crippen molar-refractivity contribution in [1.82, 2.24) is 0 Å². The first kappa shape index (κ1) is 12.8. The van der Waals surface area contributed by atoms with Crippen LogP contribution in [0.15, 0.2) is 24.3 Å². The molecule has 0 saturated carbocycles. The molecule has 0 aromatic heterocycles. The Morgan fingerprint density at radius 3 is 2.56 bits per heavy atom. The number of para-hydroxylation sites is 1. The van der Waals surface area contributed by atoms with Gasteiger partial charge in [0.2, 0.25) is 0 Å². The molecule has 1 aromatic carbocycles. The molecule has 0 aliphatic rings. The summed E-state index contributed by atoms with van der Waals surface area (Å²) in [6, 6.07) is 7.97. The number of ether oxygens (including phenoxy) is 1. The molecule has 1 rings (SSSR count). The molecule has 0 saturated heterocycles. The summed E-state index contributed by atoms with van der Waals surface area (Å²) < 4.78 is 41.4. The maximum absolute atomic E-state index is 12.1. The molecule has 1 atom stereocenters. The van der Waals surface area contributed by atoms with Crippen LogP contribution in [0.25, 0.3) is 0 Å². The Labute approximate surface area is 98.8 Å². The number of halogens is 4. The molecule has 1 aromatic rings. The van der Waals surface area contributed by atoms with Crippen LogP contribution in [0.2, 0.25) is 0 Å². The van der Waals surface area contributed by atoms with Gasteiger partial charge in [-0.3, -0.25) is 0 Å². The standard InChI is InChI=1S/C10H7BrF3NO/c11-9(10(12,13)14)6-16-8-4-2-1-3-7(8)5-15/h1-4,9H,6H2. The average molecular weight is 294 g/mol. The van der Waals surface area contributed by atoms with E-state index in [0.29, 0.717) is 0 Å². The molecule has 0 heterocycles. The summed E-state index contributed by atoms with van der Waals surface area (Å²) in [6.07, 6.45) is -4.36. The van der Waals surface area contributed by atoms with E-state index in [4.69, 9.17) is 10.00 Å². The lowest BCUT2D eigenvalue weighted by atomic mass is 10.2. The van der Waals surface area contributed by atoms with Crippen LogP contribution in [0.1, 0.15) is 5.56 Å². The Hall–Kier alpha value is -1.22. The predicted molar refractivity (Wildman–Crippen MR) is 55.4 cm³/mol. The van der Waals surface area contributed by atoms with Crippen molar-refractivity contribution in [2.24, 2.45) is 0 Å². The summed E-state index contributed by atoms with van der Waals surface area (Å²) in [7, 11) is 0. The fourth-order valence-corrected chi connectivity index (χ4v) is 1.07. The van der Waals surface area contributed by atoms with Gasteiger partial charge in [-0.05, 0) is 12.1 Å². The van der Waals surface area contributed by atoms with Crippen LogP contribution in [0.5, 0.6) is 5.75 Å². The summed E-state index contributed by atoms with van der Waals surface area (Å²) >= 11 is 2.47. The number of nitrogens with zero attached hydrogens (tertiary/aromatic N) is 1. The maximum atomic E-state index is 12.1. The van der Waals surface area contributed by atoms with Gasteiger partial charge in [0.05, 0.1) is 5.56 Å². The molecule has 2 nitrogen and oxygen atoms in total.